The first-order chi connectivity index (χ1) is 15.1. The van der Waals surface area contributed by atoms with Gasteiger partial charge in [0.25, 0.3) is 0 Å². The maximum absolute atomic E-state index is 12.1. The number of esters is 1. The lowest BCUT2D eigenvalue weighted by molar-refractivity contribution is -0.175. The molecule has 1 aliphatic rings. The smallest absolute Gasteiger partial charge is 0.322 e. The molecule has 0 amide bonds. The van der Waals surface area contributed by atoms with Gasteiger partial charge in [-0.05, 0) is 68.3 Å². The zero-order valence-corrected chi connectivity index (χ0v) is 19.8. The quantitative estimate of drug-likeness (QED) is 0.152. The normalized spacial score (nSPS) is 15.7. The highest BCUT2D eigenvalue weighted by Gasteiger charge is 2.33. The number of carbonyl (C=O) groups is 1. The molecule has 3 aromatic carbocycles. The maximum atomic E-state index is 12.1. The van der Waals surface area contributed by atoms with E-state index >= 15 is 0 Å². The zero-order valence-electron chi connectivity index (χ0n) is 17.4. The van der Waals surface area contributed by atoms with Crippen molar-refractivity contribution in [1.29, 1.82) is 0 Å². The van der Waals surface area contributed by atoms with Crippen molar-refractivity contribution in [2.24, 2.45) is 5.92 Å². The number of carbonyl (C=O) groups excluding carboxylic acids is 1. The van der Waals surface area contributed by atoms with Gasteiger partial charge in [-0.25, -0.2) is 0 Å². The molecule has 2 atom stereocenters. The predicted octanol–water partition coefficient (Wildman–Crippen LogP) is 6.61. The molecular formula is C26H26BrO3S+. The van der Waals surface area contributed by atoms with Crippen LogP contribution in [0.5, 0.6) is 5.75 Å². The van der Waals surface area contributed by atoms with E-state index in [1.54, 1.807) is 6.92 Å². The summed E-state index contributed by atoms with van der Waals surface area (Å²) in [6, 6.07) is 29.3. The monoisotopic (exact) mass is 497 g/mol. The van der Waals surface area contributed by atoms with Crippen LogP contribution in [-0.4, -0.2) is 17.1 Å². The summed E-state index contributed by atoms with van der Waals surface area (Å²) in [6.45, 7) is 1.77. The Labute approximate surface area is 195 Å². The van der Waals surface area contributed by atoms with Crippen LogP contribution in [-0.2, 0) is 20.4 Å². The van der Waals surface area contributed by atoms with Crippen LogP contribution in [0.4, 0.5) is 0 Å². The summed E-state index contributed by atoms with van der Waals surface area (Å²) < 4.78 is 11.8. The molecule has 3 nitrogen and oxygen atoms in total. The summed E-state index contributed by atoms with van der Waals surface area (Å²) in [4.78, 5) is 15.5. The van der Waals surface area contributed by atoms with Gasteiger partial charge in [0.1, 0.15) is 10.6 Å². The van der Waals surface area contributed by atoms with E-state index in [0.29, 0.717) is 0 Å². The number of ether oxygens (including phenoxy) is 2. The molecule has 31 heavy (non-hydrogen) atoms. The van der Waals surface area contributed by atoms with Crippen LogP contribution in [0, 0.1) is 5.92 Å². The fourth-order valence-corrected chi connectivity index (χ4v) is 5.64. The summed E-state index contributed by atoms with van der Waals surface area (Å²) in [5, 5.41) is 0. The van der Waals surface area contributed by atoms with Crippen LogP contribution < -0.4 is 4.74 Å². The van der Waals surface area contributed by atoms with E-state index < -0.39 is 6.29 Å². The standard InChI is InChI=1S/C26H26BrO3S/c1-19(27)25(28)30-26(20-9-8-10-20)29-21-15-17-24(18-16-21)31(22-11-4-2-5-12-22)23-13-6-3-7-14-23/h2-7,11-20,26H,8-10H2,1H3/q+1. The Kier molecular flexibility index (Phi) is 7.36. The molecule has 0 bridgehead atoms. The summed E-state index contributed by atoms with van der Waals surface area (Å²) in [6.07, 6.45) is 2.67. The molecule has 3 aromatic rings. The van der Waals surface area contributed by atoms with Crippen molar-refractivity contribution in [2.75, 3.05) is 0 Å². The Hall–Kier alpha value is -2.24. The molecule has 0 N–H and O–H groups in total. The molecule has 0 aromatic heterocycles. The Morgan fingerprint density at radius 1 is 0.871 bits per heavy atom. The zero-order chi connectivity index (χ0) is 21.6. The molecule has 0 radical (unpaired) electrons. The van der Waals surface area contributed by atoms with Gasteiger partial charge >= 0.3 is 5.97 Å². The number of hydrogen-bond acceptors (Lipinski definition) is 3. The summed E-state index contributed by atoms with van der Waals surface area (Å²) in [7, 11) is -0.197. The van der Waals surface area contributed by atoms with Gasteiger partial charge in [-0.1, -0.05) is 58.7 Å². The van der Waals surface area contributed by atoms with Gasteiger partial charge in [0, 0.05) is 5.92 Å². The van der Waals surface area contributed by atoms with Crippen LogP contribution in [0.15, 0.2) is 99.6 Å². The Morgan fingerprint density at radius 3 is 1.84 bits per heavy atom. The molecule has 4 rings (SSSR count). The van der Waals surface area contributed by atoms with E-state index in [-0.39, 0.29) is 27.6 Å². The second-order valence-electron chi connectivity index (χ2n) is 7.63. The lowest BCUT2D eigenvalue weighted by Crippen LogP contribution is -2.37. The Balaban J connectivity index is 1.56. The first kappa shape index (κ1) is 22.0. The number of benzene rings is 3. The number of hydrogen-bond donors (Lipinski definition) is 0. The minimum absolute atomic E-state index is 0.197. The van der Waals surface area contributed by atoms with Crippen molar-refractivity contribution in [2.45, 2.75) is 52.0 Å². The van der Waals surface area contributed by atoms with Crippen molar-refractivity contribution >= 4 is 32.8 Å². The molecule has 0 heterocycles. The fourth-order valence-electron chi connectivity index (χ4n) is 3.45. The Bertz CT molecular complexity index is 933. The van der Waals surface area contributed by atoms with Crippen LogP contribution in [0.3, 0.4) is 0 Å². The average Bonchev–Trinajstić information content (AvgIpc) is 2.75. The molecular weight excluding hydrogens is 472 g/mol. The fraction of sp³-hybridized carbons (Fsp3) is 0.269. The SMILES string of the molecule is CC(Br)C(=O)OC(Oc1ccc([S+](c2ccccc2)c2ccccc2)cc1)C1CCC1. The van der Waals surface area contributed by atoms with Crippen LogP contribution in [0.25, 0.3) is 0 Å². The van der Waals surface area contributed by atoms with Gasteiger partial charge < -0.3 is 9.47 Å². The van der Waals surface area contributed by atoms with Crippen LogP contribution in [0.1, 0.15) is 26.2 Å². The van der Waals surface area contributed by atoms with E-state index in [1.165, 1.54) is 14.7 Å². The molecule has 1 saturated carbocycles. The first-order valence-corrected chi connectivity index (χ1v) is 12.7. The van der Waals surface area contributed by atoms with E-state index in [2.05, 4.69) is 76.6 Å². The largest absolute Gasteiger partial charge is 0.454 e. The van der Waals surface area contributed by atoms with Gasteiger partial charge in [-0.3, -0.25) is 4.79 Å². The third kappa shape index (κ3) is 5.52. The minimum atomic E-state index is -0.534. The van der Waals surface area contributed by atoms with Crippen LogP contribution in [0.2, 0.25) is 0 Å². The van der Waals surface area contributed by atoms with Crippen molar-refractivity contribution in [3.63, 3.8) is 0 Å². The van der Waals surface area contributed by atoms with Gasteiger partial charge in [-0.15, -0.1) is 0 Å². The maximum Gasteiger partial charge on any atom is 0.322 e. The van der Waals surface area contributed by atoms with Crippen molar-refractivity contribution in [3.8, 4) is 5.75 Å². The molecule has 5 heteroatoms. The minimum Gasteiger partial charge on any atom is -0.454 e. The number of alkyl halides is 1. The van der Waals surface area contributed by atoms with Crippen molar-refractivity contribution in [3.05, 3.63) is 84.9 Å². The predicted molar refractivity (Wildman–Crippen MR) is 128 cm³/mol. The van der Waals surface area contributed by atoms with Crippen molar-refractivity contribution < 1.29 is 14.3 Å². The number of halogens is 1. The third-order valence-electron chi connectivity index (χ3n) is 5.36. The molecule has 1 fully saturated rings. The molecule has 1 aliphatic carbocycles. The van der Waals surface area contributed by atoms with E-state index in [0.717, 1.165) is 25.0 Å². The lowest BCUT2D eigenvalue weighted by Gasteiger charge is -2.33. The molecule has 160 valence electrons. The number of rotatable bonds is 8. The average molecular weight is 498 g/mol. The highest BCUT2D eigenvalue weighted by atomic mass is 79.9. The second kappa shape index (κ2) is 10.4. The topological polar surface area (TPSA) is 35.5 Å². The lowest BCUT2D eigenvalue weighted by atomic mass is 9.85. The highest BCUT2D eigenvalue weighted by molar-refractivity contribution is 9.10. The van der Waals surface area contributed by atoms with Crippen LogP contribution >= 0.6 is 15.9 Å². The highest BCUT2D eigenvalue weighted by Crippen LogP contribution is 2.35. The van der Waals surface area contributed by atoms with Gasteiger partial charge in [0.05, 0.1) is 10.9 Å². The summed E-state index contributed by atoms with van der Waals surface area (Å²) in [5.41, 5.74) is 0. The summed E-state index contributed by atoms with van der Waals surface area (Å²) in [5.74, 6) is 0.696. The molecule has 0 spiro atoms. The molecule has 0 aliphatic heterocycles. The first-order valence-electron chi connectivity index (χ1n) is 10.6. The third-order valence-corrected chi connectivity index (χ3v) is 7.97. The van der Waals surface area contributed by atoms with Crippen molar-refractivity contribution in [1.82, 2.24) is 0 Å². The van der Waals surface area contributed by atoms with E-state index in [9.17, 15) is 4.79 Å². The molecule has 2 unspecified atom stereocenters. The van der Waals surface area contributed by atoms with E-state index in [1.807, 2.05) is 24.3 Å². The second-order valence-corrected chi connectivity index (χ2v) is 11.0. The van der Waals surface area contributed by atoms with Gasteiger partial charge in [-0.2, -0.15) is 0 Å². The van der Waals surface area contributed by atoms with Gasteiger partial charge in [0.15, 0.2) is 14.7 Å². The van der Waals surface area contributed by atoms with E-state index in [4.69, 9.17) is 9.47 Å². The molecule has 0 saturated heterocycles. The summed E-state index contributed by atoms with van der Waals surface area (Å²) >= 11 is 3.28. The van der Waals surface area contributed by atoms with Gasteiger partial charge in [0.2, 0.25) is 6.29 Å². The Morgan fingerprint density at radius 2 is 1.39 bits per heavy atom.